The monoisotopic (exact) mass is 274 g/mol. The highest BCUT2D eigenvalue weighted by Crippen LogP contribution is 2.06. The van der Waals surface area contributed by atoms with Crippen LogP contribution in [0.15, 0.2) is 36.5 Å². The van der Waals surface area contributed by atoms with Crippen molar-refractivity contribution < 1.29 is 14.7 Å². The Balaban J connectivity index is 2.17. The molecule has 0 aliphatic heterocycles. The molecule has 0 fully saturated rings. The molecule has 0 aliphatic rings. The maximum absolute atomic E-state index is 11.9. The Kier molecular flexibility index (Phi) is 3.51. The summed E-state index contributed by atoms with van der Waals surface area (Å²) in [6.45, 7) is 2.80. The van der Waals surface area contributed by atoms with Crippen LogP contribution in [0.1, 0.15) is 24.3 Å². The lowest BCUT2D eigenvalue weighted by molar-refractivity contribution is -0.143. The van der Waals surface area contributed by atoms with E-state index in [0.29, 0.717) is 5.69 Å². The van der Waals surface area contributed by atoms with E-state index in [1.165, 1.54) is 24.8 Å². The molecule has 2 aromatic rings. The van der Waals surface area contributed by atoms with Gasteiger partial charge in [0.05, 0.1) is 11.9 Å². The maximum Gasteiger partial charge on any atom is 0.328 e. The molecule has 0 spiro atoms. The summed E-state index contributed by atoms with van der Waals surface area (Å²) in [6, 6.07) is 9.10. The van der Waals surface area contributed by atoms with Crippen LogP contribution in [-0.2, 0) is 4.79 Å². The number of carbonyl (C=O) groups excluding carboxylic acids is 1. The molecular weight excluding hydrogens is 260 g/mol. The average Bonchev–Trinajstić information content (AvgIpc) is 2.88. The minimum absolute atomic E-state index is 0.0585. The summed E-state index contributed by atoms with van der Waals surface area (Å²) in [5.74, 6) is -1.71. The smallest absolute Gasteiger partial charge is 0.328 e. The van der Waals surface area contributed by atoms with Crippen molar-refractivity contribution in [3.05, 3.63) is 42.2 Å². The van der Waals surface area contributed by atoms with E-state index in [-0.39, 0.29) is 5.69 Å². The zero-order valence-corrected chi connectivity index (χ0v) is 11.1. The number of hydrogen-bond acceptors (Lipinski definition) is 4. The van der Waals surface area contributed by atoms with Gasteiger partial charge in [0.25, 0.3) is 5.91 Å². The number of carbonyl (C=O) groups is 2. The highest BCUT2D eigenvalue weighted by Gasteiger charge is 2.30. The molecule has 7 heteroatoms. The second kappa shape index (κ2) is 5.12. The van der Waals surface area contributed by atoms with Gasteiger partial charge >= 0.3 is 5.97 Å². The minimum atomic E-state index is -1.37. The van der Waals surface area contributed by atoms with Gasteiger partial charge in [-0.05, 0) is 26.0 Å². The molecule has 0 unspecified atom stereocenters. The summed E-state index contributed by atoms with van der Waals surface area (Å²) < 4.78 is 0. The van der Waals surface area contributed by atoms with Crippen LogP contribution in [0.2, 0.25) is 0 Å². The Hall–Kier alpha value is -2.70. The molecule has 0 bridgehead atoms. The molecule has 2 rings (SSSR count). The van der Waals surface area contributed by atoms with E-state index in [1.807, 2.05) is 18.2 Å². The topological polar surface area (TPSA) is 97.1 Å². The lowest BCUT2D eigenvalue weighted by Gasteiger charge is -2.19. The van der Waals surface area contributed by atoms with Gasteiger partial charge in [-0.2, -0.15) is 9.90 Å². The second-order valence-corrected chi connectivity index (χ2v) is 4.74. The molecule has 1 amide bonds. The highest BCUT2D eigenvalue weighted by molar-refractivity contribution is 5.95. The zero-order valence-electron chi connectivity index (χ0n) is 11.1. The maximum atomic E-state index is 11.9. The van der Waals surface area contributed by atoms with Crippen molar-refractivity contribution in [2.75, 3.05) is 0 Å². The molecule has 0 saturated heterocycles. The quantitative estimate of drug-likeness (QED) is 0.861. The molecular formula is C13H14N4O3. The van der Waals surface area contributed by atoms with Gasteiger partial charge in [-0.25, -0.2) is 4.79 Å². The van der Waals surface area contributed by atoms with E-state index in [9.17, 15) is 9.59 Å². The number of carboxylic acids is 1. The number of nitrogens with zero attached hydrogens (tertiary/aromatic N) is 3. The first kappa shape index (κ1) is 13.7. The van der Waals surface area contributed by atoms with Crippen molar-refractivity contribution in [1.29, 1.82) is 0 Å². The Bertz CT molecular complexity index is 634. The lowest BCUT2D eigenvalue weighted by atomic mass is 10.1. The number of hydrogen-bond donors (Lipinski definition) is 2. The van der Waals surface area contributed by atoms with Gasteiger partial charge in [-0.15, -0.1) is 5.10 Å². The first-order valence-corrected chi connectivity index (χ1v) is 5.94. The van der Waals surface area contributed by atoms with Gasteiger partial charge in [0.1, 0.15) is 5.54 Å². The fourth-order valence-electron chi connectivity index (χ4n) is 1.45. The molecule has 0 radical (unpaired) electrons. The van der Waals surface area contributed by atoms with Crippen molar-refractivity contribution in [2.45, 2.75) is 19.4 Å². The molecule has 104 valence electrons. The van der Waals surface area contributed by atoms with Crippen molar-refractivity contribution in [3.8, 4) is 5.69 Å². The molecule has 1 aromatic carbocycles. The molecule has 0 aliphatic carbocycles. The number of para-hydroxylation sites is 1. The van der Waals surface area contributed by atoms with Gasteiger partial charge in [0, 0.05) is 0 Å². The number of aromatic nitrogens is 3. The molecule has 0 atom stereocenters. The fraction of sp³-hybridized carbons (Fsp3) is 0.231. The van der Waals surface area contributed by atoms with Crippen LogP contribution in [-0.4, -0.2) is 37.5 Å². The van der Waals surface area contributed by atoms with Crippen LogP contribution >= 0.6 is 0 Å². The Morgan fingerprint density at radius 3 is 2.50 bits per heavy atom. The van der Waals surface area contributed by atoms with Gasteiger partial charge in [-0.3, -0.25) is 4.79 Å². The van der Waals surface area contributed by atoms with E-state index in [4.69, 9.17) is 5.11 Å². The number of amides is 1. The largest absolute Gasteiger partial charge is 0.480 e. The third-order valence-electron chi connectivity index (χ3n) is 2.67. The Labute approximate surface area is 115 Å². The van der Waals surface area contributed by atoms with E-state index >= 15 is 0 Å². The predicted molar refractivity (Wildman–Crippen MR) is 70.5 cm³/mol. The summed E-state index contributed by atoms with van der Waals surface area (Å²) in [5, 5.41) is 19.4. The fourth-order valence-corrected chi connectivity index (χ4v) is 1.45. The van der Waals surface area contributed by atoms with Crippen molar-refractivity contribution in [1.82, 2.24) is 20.3 Å². The first-order valence-electron chi connectivity index (χ1n) is 5.94. The molecule has 1 heterocycles. The van der Waals surface area contributed by atoms with Gasteiger partial charge in [0.2, 0.25) is 0 Å². The summed E-state index contributed by atoms with van der Waals surface area (Å²) in [6.07, 6.45) is 1.29. The van der Waals surface area contributed by atoms with Gasteiger partial charge < -0.3 is 10.4 Å². The third-order valence-corrected chi connectivity index (χ3v) is 2.67. The van der Waals surface area contributed by atoms with Gasteiger partial charge in [-0.1, -0.05) is 18.2 Å². The number of carboxylic acid groups (broad SMARTS) is 1. The van der Waals surface area contributed by atoms with Crippen LogP contribution in [0.3, 0.4) is 0 Å². The molecule has 0 saturated carbocycles. The van der Waals surface area contributed by atoms with Crippen molar-refractivity contribution in [2.24, 2.45) is 0 Å². The van der Waals surface area contributed by atoms with Crippen LogP contribution in [0.4, 0.5) is 0 Å². The van der Waals surface area contributed by atoms with Crippen LogP contribution in [0.5, 0.6) is 0 Å². The van der Waals surface area contributed by atoms with E-state index < -0.39 is 17.4 Å². The van der Waals surface area contributed by atoms with E-state index in [1.54, 1.807) is 12.1 Å². The molecule has 2 N–H and O–H groups in total. The van der Waals surface area contributed by atoms with E-state index in [0.717, 1.165) is 0 Å². The van der Waals surface area contributed by atoms with Crippen LogP contribution < -0.4 is 5.32 Å². The highest BCUT2D eigenvalue weighted by atomic mass is 16.4. The van der Waals surface area contributed by atoms with Crippen molar-refractivity contribution in [3.63, 3.8) is 0 Å². The summed E-state index contributed by atoms with van der Waals surface area (Å²) in [5.41, 5.74) is -0.597. The standard InChI is InChI=1S/C13H14N4O3/c1-13(2,12(19)20)15-11(18)10-8-14-17(16-10)9-6-4-3-5-7-9/h3-8H,1-2H3,(H,15,18)(H,19,20). The lowest BCUT2D eigenvalue weighted by Crippen LogP contribution is -2.49. The number of rotatable bonds is 4. The Morgan fingerprint density at radius 2 is 1.90 bits per heavy atom. The normalized spacial score (nSPS) is 11.1. The first-order chi connectivity index (χ1) is 9.40. The number of nitrogens with one attached hydrogen (secondary N) is 1. The van der Waals surface area contributed by atoms with Crippen LogP contribution in [0.25, 0.3) is 5.69 Å². The second-order valence-electron chi connectivity index (χ2n) is 4.74. The summed E-state index contributed by atoms with van der Waals surface area (Å²) in [4.78, 5) is 24.2. The molecule has 7 nitrogen and oxygen atoms in total. The Morgan fingerprint density at radius 1 is 1.25 bits per heavy atom. The molecule has 1 aromatic heterocycles. The number of benzene rings is 1. The van der Waals surface area contributed by atoms with Crippen LogP contribution in [0, 0.1) is 0 Å². The van der Waals surface area contributed by atoms with Crippen molar-refractivity contribution >= 4 is 11.9 Å². The number of aliphatic carboxylic acids is 1. The van der Waals surface area contributed by atoms with Gasteiger partial charge in [0.15, 0.2) is 5.69 Å². The minimum Gasteiger partial charge on any atom is -0.480 e. The van der Waals surface area contributed by atoms with E-state index in [2.05, 4.69) is 15.5 Å². The summed E-state index contributed by atoms with van der Waals surface area (Å²) in [7, 11) is 0. The molecule has 20 heavy (non-hydrogen) atoms. The summed E-state index contributed by atoms with van der Waals surface area (Å²) >= 11 is 0. The predicted octanol–water partition coefficient (Wildman–Crippen LogP) is 0.860. The third kappa shape index (κ3) is 2.82. The average molecular weight is 274 g/mol. The SMILES string of the molecule is CC(C)(NC(=O)c1cnn(-c2ccccc2)n1)C(=O)O. The zero-order chi connectivity index (χ0) is 14.8.